The van der Waals surface area contributed by atoms with Gasteiger partial charge < -0.3 is 9.47 Å². The van der Waals surface area contributed by atoms with Crippen molar-refractivity contribution in [1.82, 2.24) is 9.97 Å². The van der Waals surface area contributed by atoms with E-state index in [2.05, 4.69) is 11.1 Å². The smallest absolute Gasteiger partial charge is 0.211 e. The van der Waals surface area contributed by atoms with Gasteiger partial charge in [-0.1, -0.05) is 29.3 Å². The highest BCUT2D eigenvalue weighted by atomic mass is 35.5. The molecule has 7 heteroatoms. The van der Waals surface area contributed by atoms with E-state index in [1.165, 1.54) is 16.9 Å². The number of aryl methyl sites for hydroxylation is 1. The van der Waals surface area contributed by atoms with Crippen LogP contribution in [0.1, 0.15) is 47.0 Å². The molecule has 1 fully saturated rings. The molecule has 0 N–H and O–H groups in total. The Hall–Kier alpha value is -0.720. The van der Waals surface area contributed by atoms with Gasteiger partial charge in [0.15, 0.2) is 5.01 Å². The molecule has 0 aromatic carbocycles. The van der Waals surface area contributed by atoms with Crippen molar-refractivity contribution >= 4 is 34.5 Å². The predicted molar refractivity (Wildman–Crippen MR) is 85.8 cm³/mol. The largest absolute Gasteiger partial charge is 0.344 e. The molecule has 0 saturated carbocycles. The number of hydrogen-bond acceptors (Lipinski definition) is 5. The third-order valence-corrected chi connectivity index (χ3v) is 5.54. The molecule has 22 heavy (non-hydrogen) atoms. The van der Waals surface area contributed by atoms with Gasteiger partial charge in [0.25, 0.3) is 0 Å². The Kier molecular flexibility index (Phi) is 4.09. The molecule has 2 aromatic rings. The van der Waals surface area contributed by atoms with Gasteiger partial charge in [-0.05, 0) is 30.9 Å². The minimum Gasteiger partial charge on any atom is -0.344 e. The molecule has 2 aliphatic rings. The summed E-state index contributed by atoms with van der Waals surface area (Å²) in [6.07, 6.45) is 2.72. The first-order valence-electron chi connectivity index (χ1n) is 7.27. The van der Waals surface area contributed by atoms with Crippen LogP contribution in [0.15, 0.2) is 12.1 Å². The number of pyridine rings is 1. The predicted octanol–water partition coefficient (Wildman–Crippen LogP) is 4.36. The van der Waals surface area contributed by atoms with E-state index in [0.717, 1.165) is 35.7 Å². The van der Waals surface area contributed by atoms with Gasteiger partial charge in [0.2, 0.25) is 6.29 Å². The van der Waals surface area contributed by atoms with Crippen molar-refractivity contribution in [2.24, 2.45) is 0 Å². The van der Waals surface area contributed by atoms with Crippen LogP contribution in [-0.2, 0) is 15.9 Å². The zero-order valence-corrected chi connectivity index (χ0v) is 14.0. The van der Waals surface area contributed by atoms with Crippen LogP contribution in [0.2, 0.25) is 9.49 Å². The first-order valence-corrected chi connectivity index (χ1v) is 8.84. The second-order valence-electron chi connectivity index (χ2n) is 5.41. The lowest BCUT2D eigenvalue weighted by molar-refractivity contribution is -0.0443. The Morgan fingerprint density at radius 2 is 1.91 bits per heavy atom. The van der Waals surface area contributed by atoms with Crippen LogP contribution >= 0.6 is 34.5 Å². The first kappa shape index (κ1) is 14.8. The lowest BCUT2D eigenvalue weighted by Crippen LogP contribution is -2.14. The second kappa shape index (κ2) is 6.06. The fourth-order valence-corrected chi connectivity index (χ4v) is 4.46. The summed E-state index contributed by atoms with van der Waals surface area (Å²) < 4.78 is 11.7. The number of fused-ring (bicyclic) bond motifs is 1. The first-order chi connectivity index (χ1) is 10.7. The third kappa shape index (κ3) is 2.65. The van der Waals surface area contributed by atoms with Crippen LogP contribution in [0.5, 0.6) is 0 Å². The summed E-state index contributed by atoms with van der Waals surface area (Å²) in [7, 11) is 0. The summed E-state index contributed by atoms with van der Waals surface area (Å²) in [4.78, 5) is 9.23. The molecular weight excluding hydrogens is 343 g/mol. The van der Waals surface area contributed by atoms with E-state index in [0.29, 0.717) is 22.7 Å². The maximum atomic E-state index is 6.45. The Morgan fingerprint density at radius 1 is 1.09 bits per heavy atom. The van der Waals surface area contributed by atoms with Crippen molar-refractivity contribution in [1.29, 1.82) is 0 Å². The summed E-state index contributed by atoms with van der Waals surface area (Å²) in [6, 6.07) is 3.90. The van der Waals surface area contributed by atoms with Crippen molar-refractivity contribution in [3.8, 4) is 0 Å². The topological polar surface area (TPSA) is 44.2 Å². The Bertz CT molecular complexity index is 701. The van der Waals surface area contributed by atoms with Gasteiger partial charge in [0.1, 0.15) is 9.49 Å². The molecule has 1 aliphatic carbocycles. The SMILES string of the molecule is Clc1ccc2c(n1)C(c1nc(C3OCCO3)sc1Cl)CCC2. The third-order valence-electron chi connectivity index (χ3n) is 4.03. The average molecular weight is 357 g/mol. The van der Waals surface area contributed by atoms with E-state index in [1.807, 2.05) is 6.07 Å². The number of halogens is 2. The molecule has 0 bridgehead atoms. The Balaban J connectivity index is 1.72. The van der Waals surface area contributed by atoms with Gasteiger partial charge in [-0.25, -0.2) is 9.97 Å². The minimum absolute atomic E-state index is 0.0985. The van der Waals surface area contributed by atoms with Crippen molar-refractivity contribution in [2.75, 3.05) is 13.2 Å². The highest BCUT2D eigenvalue weighted by Gasteiger charge is 2.31. The van der Waals surface area contributed by atoms with Crippen LogP contribution in [0, 0.1) is 0 Å². The molecule has 0 spiro atoms. The van der Waals surface area contributed by atoms with Crippen LogP contribution in [-0.4, -0.2) is 23.2 Å². The molecule has 4 nitrogen and oxygen atoms in total. The number of ether oxygens (including phenoxy) is 2. The molecule has 0 amide bonds. The molecule has 1 saturated heterocycles. The van der Waals surface area contributed by atoms with Crippen LogP contribution in [0.3, 0.4) is 0 Å². The van der Waals surface area contributed by atoms with Crippen molar-refractivity contribution in [2.45, 2.75) is 31.5 Å². The summed E-state index contributed by atoms with van der Waals surface area (Å²) in [5.41, 5.74) is 3.11. The van der Waals surface area contributed by atoms with Gasteiger partial charge >= 0.3 is 0 Å². The fourth-order valence-electron chi connectivity index (χ4n) is 3.04. The lowest BCUT2D eigenvalue weighted by Gasteiger charge is -2.23. The minimum atomic E-state index is -0.383. The Morgan fingerprint density at radius 3 is 2.73 bits per heavy atom. The zero-order valence-electron chi connectivity index (χ0n) is 11.7. The standard InChI is InChI=1S/C15H14Cl2N2O2S/c16-10-5-4-8-2-1-3-9(11(8)18-10)12-13(17)22-14(19-12)15-20-6-7-21-15/h4-5,9,15H,1-3,6-7H2. The van der Waals surface area contributed by atoms with E-state index in [4.69, 9.17) is 37.7 Å². The lowest BCUT2D eigenvalue weighted by atomic mass is 9.85. The highest BCUT2D eigenvalue weighted by Crippen LogP contribution is 2.42. The number of thiazole rings is 1. The van der Waals surface area contributed by atoms with E-state index in [9.17, 15) is 0 Å². The monoisotopic (exact) mass is 356 g/mol. The molecule has 3 heterocycles. The number of nitrogens with zero attached hydrogens (tertiary/aromatic N) is 2. The molecule has 4 rings (SSSR count). The molecule has 1 aliphatic heterocycles. The summed E-state index contributed by atoms with van der Waals surface area (Å²) >= 11 is 14.0. The van der Waals surface area contributed by atoms with Crippen LogP contribution in [0.4, 0.5) is 0 Å². The molecule has 1 unspecified atom stereocenters. The maximum absolute atomic E-state index is 6.45. The highest BCUT2D eigenvalue weighted by molar-refractivity contribution is 7.16. The second-order valence-corrected chi connectivity index (χ2v) is 7.43. The van der Waals surface area contributed by atoms with Gasteiger partial charge in [0, 0.05) is 5.92 Å². The van der Waals surface area contributed by atoms with Gasteiger partial charge in [-0.2, -0.15) is 0 Å². The zero-order chi connectivity index (χ0) is 15.1. The number of hydrogen-bond donors (Lipinski definition) is 0. The van der Waals surface area contributed by atoms with E-state index in [1.54, 1.807) is 0 Å². The van der Waals surface area contributed by atoms with E-state index < -0.39 is 0 Å². The number of rotatable bonds is 2. The summed E-state index contributed by atoms with van der Waals surface area (Å²) in [6.45, 7) is 1.20. The van der Waals surface area contributed by atoms with Crippen LogP contribution in [0.25, 0.3) is 0 Å². The fraction of sp³-hybridized carbons (Fsp3) is 0.467. The number of aromatic nitrogens is 2. The molecule has 0 radical (unpaired) electrons. The average Bonchev–Trinajstić information content (AvgIpc) is 3.16. The Labute approximate surface area is 142 Å². The van der Waals surface area contributed by atoms with Crippen molar-refractivity contribution in [3.63, 3.8) is 0 Å². The van der Waals surface area contributed by atoms with Gasteiger partial charge in [-0.15, -0.1) is 11.3 Å². The molecular formula is C15H14Cl2N2O2S. The van der Waals surface area contributed by atoms with Crippen molar-refractivity contribution < 1.29 is 9.47 Å². The van der Waals surface area contributed by atoms with Crippen LogP contribution < -0.4 is 0 Å². The maximum Gasteiger partial charge on any atom is 0.211 e. The van der Waals surface area contributed by atoms with Crippen molar-refractivity contribution in [3.05, 3.63) is 43.6 Å². The normalized spacial score (nSPS) is 22.0. The quantitative estimate of drug-likeness (QED) is 0.749. The summed E-state index contributed by atoms with van der Waals surface area (Å²) in [5, 5.41) is 1.30. The van der Waals surface area contributed by atoms with E-state index >= 15 is 0 Å². The summed E-state index contributed by atoms with van der Waals surface area (Å²) in [5.74, 6) is 0.0985. The molecule has 116 valence electrons. The molecule has 2 aromatic heterocycles. The van der Waals surface area contributed by atoms with Gasteiger partial charge in [0.05, 0.1) is 24.6 Å². The molecule has 1 atom stereocenters. The van der Waals surface area contributed by atoms with Gasteiger partial charge in [-0.3, -0.25) is 0 Å². The van der Waals surface area contributed by atoms with E-state index in [-0.39, 0.29) is 12.2 Å².